The van der Waals surface area contributed by atoms with Crippen LogP contribution in [0.3, 0.4) is 0 Å². The fourth-order valence-corrected chi connectivity index (χ4v) is 2.31. The van der Waals surface area contributed by atoms with Crippen LogP contribution in [0.4, 0.5) is 0 Å². The smallest absolute Gasteiger partial charge is 0.220 e. The molecule has 5 nitrogen and oxygen atoms in total. The third kappa shape index (κ3) is 2.47. The van der Waals surface area contributed by atoms with Gasteiger partial charge in [-0.05, 0) is 12.1 Å². The van der Waals surface area contributed by atoms with Crippen LogP contribution in [0.1, 0.15) is 31.6 Å². The van der Waals surface area contributed by atoms with Gasteiger partial charge >= 0.3 is 0 Å². The van der Waals surface area contributed by atoms with Crippen LogP contribution < -0.4 is 16.2 Å². The first-order valence-electron chi connectivity index (χ1n) is 6.55. The van der Waals surface area contributed by atoms with Crippen LogP contribution in [-0.2, 0) is 4.79 Å². The Labute approximate surface area is 111 Å². The van der Waals surface area contributed by atoms with E-state index in [0.717, 1.165) is 23.2 Å². The number of carbonyl (C=O) groups is 1. The van der Waals surface area contributed by atoms with Crippen LogP contribution in [0.25, 0.3) is 11.0 Å². The standard InChI is InChI=1S/C14H17N3O2/c1-2-14(18)15-13-8-10(16-17-13)12-7-9-5-3-4-6-11(9)19-12/h3-7,10,13,16-17H,2,8H2,1H3,(H,15,18). The van der Waals surface area contributed by atoms with Crippen molar-refractivity contribution < 1.29 is 9.21 Å². The number of amides is 1. The Morgan fingerprint density at radius 3 is 3.05 bits per heavy atom. The van der Waals surface area contributed by atoms with E-state index in [1.807, 2.05) is 37.3 Å². The van der Waals surface area contributed by atoms with Gasteiger partial charge in [0.1, 0.15) is 11.3 Å². The van der Waals surface area contributed by atoms with Crippen molar-refractivity contribution in [3.8, 4) is 0 Å². The number of nitrogens with one attached hydrogen (secondary N) is 3. The van der Waals surface area contributed by atoms with Gasteiger partial charge in [-0.3, -0.25) is 4.79 Å². The molecule has 1 fully saturated rings. The summed E-state index contributed by atoms with van der Waals surface area (Å²) in [6.45, 7) is 1.84. The van der Waals surface area contributed by atoms with Crippen molar-refractivity contribution in [2.24, 2.45) is 0 Å². The third-order valence-electron chi connectivity index (χ3n) is 3.35. The molecular formula is C14H17N3O2. The summed E-state index contributed by atoms with van der Waals surface area (Å²) in [5, 5.41) is 4.01. The Morgan fingerprint density at radius 2 is 2.26 bits per heavy atom. The zero-order valence-corrected chi connectivity index (χ0v) is 10.8. The van der Waals surface area contributed by atoms with Gasteiger partial charge in [0.2, 0.25) is 5.91 Å². The van der Waals surface area contributed by atoms with Crippen LogP contribution >= 0.6 is 0 Å². The monoisotopic (exact) mass is 259 g/mol. The molecule has 3 N–H and O–H groups in total. The fourth-order valence-electron chi connectivity index (χ4n) is 2.31. The maximum Gasteiger partial charge on any atom is 0.220 e. The molecule has 0 spiro atoms. The number of carbonyl (C=O) groups excluding carboxylic acids is 1. The lowest BCUT2D eigenvalue weighted by Crippen LogP contribution is -2.43. The highest BCUT2D eigenvalue weighted by Crippen LogP contribution is 2.27. The molecule has 19 heavy (non-hydrogen) atoms. The molecule has 0 radical (unpaired) electrons. The van der Waals surface area contributed by atoms with Crippen molar-refractivity contribution in [3.05, 3.63) is 36.1 Å². The van der Waals surface area contributed by atoms with Crippen molar-refractivity contribution in [1.29, 1.82) is 0 Å². The second-order valence-corrected chi connectivity index (χ2v) is 4.74. The molecule has 1 aromatic carbocycles. The Bertz CT molecular complexity index is 560. The predicted molar refractivity (Wildman–Crippen MR) is 72.1 cm³/mol. The van der Waals surface area contributed by atoms with E-state index in [-0.39, 0.29) is 18.1 Å². The number of benzene rings is 1. The molecule has 1 aliphatic heterocycles. The number of hydrogen-bond acceptors (Lipinski definition) is 4. The topological polar surface area (TPSA) is 66.3 Å². The minimum atomic E-state index is -0.0503. The van der Waals surface area contributed by atoms with E-state index in [1.165, 1.54) is 0 Å². The normalized spacial score (nSPS) is 22.8. The predicted octanol–water partition coefficient (Wildman–Crippen LogP) is 1.82. The van der Waals surface area contributed by atoms with Gasteiger partial charge in [0.05, 0.1) is 12.2 Å². The lowest BCUT2D eigenvalue weighted by Gasteiger charge is -2.10. The minimum Gasteiger partial charge on any atom is -0.459 e. The van der Waals surface area contributed by atoms with E-state index in [9.17, 15) is 4.79 Å². The van der Waals surface area contributed by atoms with Crippen molar-refractivity contribution in [2.45, 2.75) is 32.0 Å². The third-order valence-corrected chi connectivity index (χ3v) is 3.35. The summed E-state index contributed by atoms with van der Waals surface area (Å²) < 4.78 is 5.82. The molecule has 1 saturated heterocycles. The first-order chi connectivity index (χ1) is 9.26. The molecule has 2 unspecified atom stereocenters. The Kier molecular flexibility index (Phi) is 3.23. The fraction of sp³-hybridized carbons (Fsp3) is 0.357. The summed E-state index contributed by atoms with van der Waals surface area (Å²) in [5.74, 6) is 0.937. The van der Waals surface area contributed by atoms with E-state index >= 15 is 0 Å². The van der Waals surface area contributed by atoms with Crippen molar-refractivity contribution in [1.82, 2.24) is 16.2 Å². The van der Waals surface area contributed by atoms with Crippen LogP contribution in [-0.4, -0.2) is 12.1 Å². The molecule has 1 aromatic heterocycles. The summed E-state index contributed by atoms with van der Waals surface area (Å²) in [4.78, 5) is 11.3. The van der Waals surface area contributed by atoms with Gasteiger partial charge in [-0.1, -0.05) is 25.1 Å². The first-order valence-corrected chi connectivity index (χ1v) is 6.55. The Balaban J connectivity index is 1.72. The zero-order valence-electron chi connectivity index (χ0n) is 10.8. The molecule has 0 saturated carbocycles. The first kappa shape index (κ1) is 12.2. The highest BCUT2D eigenvalue weighted by molar-refractivity contribution is 5.78. The number of furan rings is 1. The Hall–Kier alpha value is -1.85. The average Bonchev–Trinajstić information content (AvgIpc) is 3.04. The molecule has 5 heteroatoms. The zero-order chi connectivity index (χ0) is 13.2. The second-order valence-electron chi connectivity index (χ2n) is 4.74. The van der Waals surface area contributed by atoms with Gasteiger partial charge in [-0.2, -0.15) is 0 Å². The molecule has 0 aliphatic carbocycles. The highest BCUT2D eigenvalue weighted by Gasteiger charge is 2.28. The van der Waals surface area contributed by atoms with Crippen LogP contribution in [0, 0.1) is 0 Å². The van der Waals surface area contributed by atoms with Gasteiger partial charge in [0.25, 0.3) is 0 Å². The van der Waals surface area contributed by atoms with E-state index in [1.54, 1.807) is 0 Å². The number of fused-ring (bicyclic) bond motifs is 1. The molecule has 2 aromatic rings. The molecule has 1 amide bonds. The van der Waals surface area contributed by atoms with Gasteiger partial charge in [-0.15, -0.1) is 0 Å². The van der Waals surface area contributed by atoms with Gasteiger partial charge in [-0.25, -0.2) is 10.9 Å². The second kappa shape index (κ2) is 5.03. The van der Waals surface area contributed by atoms with Gasteiger partial charge < -0.3 is 9.73 Å². The molecule has 2 heterocycles. The van der Waals surface area contributed by atoms with E-state index < -0.39 is 0 Å². The van der Waals surface area contributed by atoms with E-state index in [2.05, 4.69) is 16.2 Å². The maximum absolute atomic E-state index is 11.3. The summed E-state index contributed by atoms with van der Waals surface area (Å²) in [5.41, 5.74) is 7.12. The molecule has 1 aliphatic rings. The molecule has 3 rings (SSSR count). The number of hydrazine groups is 1. The van der Waals surface area contributed by atoms with Crippen molar-refractivity contribution >= 4 is 16.9 Å². The average molecular weight is 259 g/mol. The lowest BCUT2D eigenvalue weighted by molar-refractivity contribution is -0.121. The minimum absolute atomic E-state index is 0.0459. The van der Waals surface area contributed by atoms with Crippen LogP contribution in [0.15, 0.2) is 34.7 Å². The highest BCUT2D eigenvalue weighted by atomic mass is 16.3. The summed E-state index contributed by atoms with van der Waals surface area (Å²) in [7, 11) is 0. The Morgan fingerprint density at radius 1 is 1.42 bits per heavy atom. The number of para-hydroxylation sites is 1. The van der Waals surface area contributed by atoms with Crippen LogP contribution in [0.5, 0.6) is 0 Å². The number of rotatable bonds is 3. The maximum atomic E-state index is 11.3. The molecule has 2 atom stereocenters. The van der Waals surface area contributed by atoms with Crippen molar-refractivity contribution in [3.63, 3.8) is 0 Å². The largest absolute Gasteiger partial charge is 0.459 e. The van der Waals surface area contributed by atoms with Gasteiger partial charge in [0, 0.05) is 18.2 Å². The summed E-state index contributed by atoms with van der Waals surface area (Å²) in [6, 6.07) is 10.1. The van der Waals surface area contributed by atoms with Crippen molar-refractivity contribution in [2.75, 3.05) is 0 Å². The quantitative estimate of drug-likeness (QED) is 0.786. The summed E-state index contributed by atoms with van der Waals surface area (Å²) in [6.07, 6.45) is 1.21. The van der Waals surface area contributed by atoms with Gasteiger partial charge in [0.15, 0.2) is 0 Å². The number of hydrogen-bond donors (Lipinski definition) is 3. The SMILES string of the molecule is CCC(=O)NC1CC(c2cc3ccccc3o2)NN1. The van der Waals surface area contributed by atoms with E-state index in [0.29, 0.717) is 6.42 Å². The van der Waals surface area contributed by atoms with Crippen LogP contribution in [0.2, 0.25) is 0 Å². The lowest BCUT2D eigenvalue weighted by atomic mass is 10.1. The summed E-state index contributed by atoms with van der Waals surface area (Å²) >= 11 is 0. The van der Waals surface area contributed by atoms with E-state index in [4.69, 9.17) is 4.42 Å². The molecule has 100 valence electrons. The molecule has 0 bridgehead atoms. The molecular weight excluding hydrogens is 242 g/mol.